The molecule has 0 fully saturated rings. The molecular formula is C12H15NO5S. The van der Waals surface area contributed by atoms with E-state index in [1.165, 1.54) is 38.2 Å². The fourth-order valence-electron chi connectivity index (χ4n) is 1.41. The van der Waals surface area contributed by atoms with E-state index >= 15 is 0 Å². The molecule has 0 heterocycles. The van der Waals surface area contributed by atoms with E-state index in [0.29, 0.717) is 5.56 Å². The number of benzene rings is 1. The Morgan fingerprint density at radius 1 is 1.21 bits per heavy atom. The molecule has 0 aliphatic carbocycles. The van der Waals surface area contributed by atoms with Crippen molar-refractivity contribution >= 4 is 21.8 Å². The summed E-state index contributed by atoms with van der Waals surface area (Å²) in [5.74, 6) is -1.21. The summed E-state index contributed by atoms with van der Waals surface area (Å²) in [7, 11) is -2.40. The summed E-state index contributed by atoms with van der Waals surface area (Å²) >= 11 is 0. The quantitative estimate of drug-likeness (QED) is 0.787. The highest BCUT2D eigenvalue weighted by Gasteiger charge is 2.21. The lowest BCUT2D eigenvalue weighted by molar-refractivity contribution is -0.137. The third kappa shape index (κ3) is 3.87. The number of ketones is 1. The molecule has 1 N–H and O–H groups in total. The molecule has 0 saturated heterocycles. The van der Waals surface area contributed by atoms with Gasteiger partial charge in [0.1, 0.15) is 0 Å². The summed E-state index contributed by atoms with van der Waals surface area (Å²) in [6.45, 7) is 1.29. The molecule has 0 aliphatic rings. The summed E-state index contributed by atoms with van der Waals surface area (Å²) in [5, 5.41) is 8.54. The van der Waals surface area contributed by atoms with Crippen molar-refractivity contribution in [3.05, 3.63) is 29.8 Å². The summed E-state index contributed by atoms with van der Waals surface area (Å²) < 4.78 is 25.1. The van der Waals surface area contributed by atoms with Gasteiger partial charge >= 0.3 is 5.97 Å². The van der Waals surface area contributed by atoms with E-state index in [4.69, 9.17) is 5.11 Å². The van der Waals surface area contributed by atoms with E-state index in [2.05, 4.69) is 0 Å². The van der Waals surface area contributed by atoms with Crippen molar-refractivity contribution in [3.8, 4) is 0 Å². The van der Waals surface area contributed by atoms with Gasteiger partial charge in [0.15, 0.2) is 5.78 Å². The molecule has 7 heteroatoms. The van der Waals surface area contributed by atoms with Gasteiger partial charge in [-0.25, -0.2) is 12.7 Å². The largest absolute Gasteiger partial charge is 0.481 e. The molecule has 1 aromatic rings. The first kappa shape index (κ1) is 15.3. The lowest BCUT2D eigenvalue weighted by Gasteiger charge is -2.16. The summed E-state index contributed by atoms with van der Waals surface area (Å²) in [6.07, 6.45) is -0.263. The van der Waals surface area contributed by atoms with Gasteiger partial charge in [0.05, 0.1) is 11.3 Å². The number of aliphatic carboxylic acids is 1. The maximum Gasteiger partial charge on any atom is 0.304 e. The number of carboxylic acids is 1. The molecule has 104 valence electrons. The lowest BCUT2D eigenvalue weighted by Crippen LogP contribution is -2.29. The molecule has 0 saturated carbocycles. The van der Waals surface area contributed by atoms with Crippen molar-refractivity contribution < 1.29 is 23.1 Å². The fraction of sp³-hybridized carbons (Fsp3) is 0.333. The van der Waals surface area contributed by atoms with E-state index < -0.39 is 16.0 Å². The highest BCUT2D eigenvalue weighted by Crippen LogP contribution is 2.15. The van der Waals surface area contributed by atoms with Gasteiger partial charge in [0.25, 0.3) is 0 Å². The van der Waals surface area contributed by atoms with Gasteiger partial charge < -0.3 is 5.11 Å². The Kier molecular flexibility index (Phi) is 4.79. The fourth-order valence-corrected chi connectivity index (χ4v) is 2.59. The number of nitrogens with zero attached hydrogens (tertiary/aromatic N) is 1. The number of carbonyl (C=O) groups excluding carboxylic acids is 1. The van der Waals surface area contributed by atoms with Crippen LogP contribution in [0.3, 0.4) is 0 Å². The molecular weight excluding hydrogens is 270 g/mol. The van der Waals surface area contributed by atoms with Crippen LogP contribution in [0.4, 0.5) is 0 Å². The van der Waals surface area contributed by atoms with Gasteiger partial charge in [-0.15, -0.1) is 0 Å². The van der Waals surface area contributed by atoms with Gasteiger partial charge in [-0.3, -0.25) is 9.59 Å². The molecule has 19 heavy (non-hydrogen) atoms. The molecule has 0 spiro atoms. The van der Waals surface area contributed by atoms with Gasteiger partial charge in [0, 0.05) is 19.2 Å². The minimum absolute atomic E-state index is 0.0328. The monoisotopic (exact) mass is 285 g/mol. The van der Waals surface area contributed by atoms with Crippen molar-refractivity contribution in [1.29, 1.82) is 0 Å². The van der Waals surface area contributed by atoms with Gasteiger partial charge in [0.2, 0.25) is 10.0 Å². The highest BCUT2D eigenvalue weighted by atomic mass is 32.2. The van der Waals surface area contributed by atoms with Crippen LogP contribution in [0, 0.1) is 0 Å². The zero-order chi connectivity index (χ0) is 14.6. The molecule has 0 atom stereocenters. The first-order valence-electron chi connectivity index (χ1n) is 5.54. The van der Waals surface area contributed by atoms with Crippen LogP contribution >= 0.6 is 0 Å². The number of carbonyl (C=O) groups is 2. The Labute approximate surface area is 111 Å². The second-order valence-corrected chi connectivity index (χ2v) is 6.10. The number of Topliss-reactive ketones (excluding diaryl/α,β-unsaturated/α-hetero) is 1. The predicted molar refractivity (Wildman–Crippen MR) is 68.5 cm³/mol. The smallest absolute Gasteiger partial charge is 0.304 e. The topological polar surface area (TPSA) is 91.8 Å². The molecule has 0 aliphatic heterocycles. The highest BCUT2D eigenvalue weighted by molar-refractivity contribution is 7.89. The lowest BCUT2D eigenvalue weighted by atomic mass is 10.2. The molecule has 1 rings (SSSR count). The normalized spacial score (nSPS) is 11.5. The van der Waals surface area contributed by atoms with Crippen LogP contribution in [0.1, 0.15) is 23.7 Å². The zero-order valence-electron chi connectivity index (χ0n) is 10.7. The summed E-state index contributed by atoms with van der Waals surface area (Å²) in [4.78, 5) is 21.6. The third-order valence-corrected chi connectivity index (χ3v) is 4.48. The third-order valence-electron chi connectivity index (χ3n) is 2.61. The number of sulfonamides is 1. The maximum absolute atomic E-state index is 12.1. The minimum atomic E-state index is -3.72. The van der Waals surface area contributed by atoms with E-state index in [9.17, 15) is 18.0 Å². The average Bonchev–Trinajstić information content (AvgIpc) is 2.35. The van der Waals surface area contributed by atoms with Crippen molar-refractivity contribution in [3.63, 3.8) is 0 Å². The molecule has 0 amide bonds. The van der Waals surface area contributed by atoms with Crippen LogP contribution < -0.4 is 0 Å². The second-order valence-electron chi connectivity index (χ2n) is 4.05. The number of hydrogen-bond acceptors (Lipinski definition) is 4. The Balaban J connectivity index is 2.93. The van der Waals surface area contributed by atoms with E-state index in [0.717, 1.165) is 4.31 Å². The van der Waals surface area contributed by atoms with Crippen LogP contribution in [-0.4, -0.2) is 43.2 Å². The standard InChI is InChI=1S/C12H15NO5S/c1-9(14)10-3-5-11(6-4-10)19(17,18)13(2)8-7-12(15)16/h3-6H,7-8H2,1-2H3,(H,15,16). The van der Waals surface area contributed by atoms with Crippen LogP contribution in [0.2, 0.25) is 0 Å². The van der Waals surface area contributed by atoms with E-state index in [-0.39, 0.29) is 23.6 Å². The van der Waals surface area contributed by atoms with Crippen LogP contribution in [-0.2, 0) is 14.8 Å². The van der Waals surface area contributed by atoms with Crippen molar-refractivity contribution in [2.45, 2.75) is 18.2 Å². The number of hydrogen-bond donors (Lipinski definition) is 1. The van der Waals surface area contributed by atoms with Gasteiger partial charge in [-0.1, -0.05) is 12.1 Å². The van der Waals surface area contributed by atoms with Crippen LogP contribution in [0.15, 0.2) is 29.2 Å². The molecule has 0 unspecified atom stereocenters. The number of carboxylic acid groups (broad SMARTS) is 1. The molecule has 6 nitrogen and oxygen atoms in total. The Morgan fingerprint density at radius 2 is 1.74 bits per heavy atom. The van der Waals surface area contributed by atoms with Crippen molar-refractivity contribution in [2.75, 3.05) is 13.6 Å². The first-order chi connectivity index (χ1) is 8.75. The number of rotatable bonds is 6. The SMILES string of the molecule is CC(=O)c1ccc(S(=O)(=O)N(C)CCC(=O)O)cc1. The predicted octanol–water partition coefficient (Wildman–Crippen LogP) is 0.984. The average molecular weight is 285 g/mol. The van der Waals surface area contributed by atoms with Gasteiger partial charge in [-0.2, -0.15) is 0 Å². The maximum atomic E-state index is 12.1. The van der Waals surface area contributed by atoms with E-state index in [1.807, 2.05) is 0 Å². The first-order valence-corrected chi connectivity index (χ1v) is 6.98. The van der Waals surface area contributed by atoms with Gasteiger partial charge in [-0.05, 0) is 19.1 Å². The van der Waals surface area contributed by atoms with E-state index in [1.54, 1.807) is 0 Å². The summed E-state index contributed by atoms with van der Waals surface area (Å²) in [6, 6.07) is 5.53. The molecule has 0 radical (unpaired) electrons. The summed E-state index contributed by atoms with van der Waals surface area (Å²) in [5.41, 5.74) is 0.423. The Hall–Kier alpha value is -1.73. The zero-order valence-corrected chi connectivity index (χ0v) is 11.5. The second kappa shape index (κ2) is 5.94. The van der Waals surface area contributed by atoms with Crippen LogP contribution in [0.5, 0.6) is 0 Å². The molecule has 0 aromatic heterocycles. The van der Waals surface area contributed by atoms with Crippen LogP contribution in [0.25, 0.3) is 0 Å². The van der Waals surface area contributed by atoms with Crippen molar-refractivity contribution in [2.24, 2.45) is 0 Å². The van der Waals surface area contributed by atoms with Crippen molar-refractivity contribution in [1.82, 2.24) is 4.31 Å². The molecule has 1 aromatic carbocycles. The Morgan fingerprint density at radius 3 is 2.16 bits per heavy atom. The Bertz CT molecular complexity index is 577. The minimum Gasteiger partial charge on any atom is -0.481 e. The molecule has 0 bridgehead atoms.